The van der Waals surface area contributed by atoms with Crippen molar-refractivity contribution >= 4 is 6.03 Å². The number of carbonyl (C=O) groups excluding carboxylic acids is 1. The van der Waals surface area contributed by atoms with E-state index in [1.54, 1.807) is 12.4 Å². The maximum absolute atomic E-state index is 11.5. The van der Waals surface area contributed by atoms with Gasteiger partial charge in [-0.1, -0.05) is 6.07 Å². The van der Waals surface area contributed by atoms with Crippen molar-refractivity contribution in [3.05, 3.63) is 30.1 Å². The fourth-order valence-electron chi connectivity index (χ4n) is 1.61. The first kappa shape index (κ1) is 14.4. The van der Waals surface area contributed by atoms with Gasteiger partial charge in [-0.2, -0.15) is 0 Å². The van der Waals surface area contributed by atoms with Crippen LogP contribution in [0.4, 0.5) is 4.79 Å². The number of nitrogens with one attached hydrogen (secondary N) is 2. The second kappa shape index (κ2) is 8.47. The number of aliphatic hydroxyl groups is 1. The second-order valence-corrected chi connectivity index (χ2v) is 4.28. The summed E-state index contributed by atoms with van der Waals surface area (Å²) in [6.07, 6.45) is 5.78. The molecular weight excluding hydrogens is 230 g/mol. The summed E-state index contributed by atoms with van der Waals surface area (Å²) in [6, 6.07) is 3.78. The number of urea groups is 1. The molecule has 1 aromatic heterocycles. The van der Waals surface area contributed by atoms with Crippen LogP contribution in [0.5, 0.6) is 0 Å². The zero-order valence-corrected chi connectivity index (χ0v) is 10.7. The summed E-state index contributed by atoms with van der Waals surface area (Å²) in [5.41, 5.74) is 1.10. The molecule has 0 saturated carbocycles. The molecule has 1 unspecified atom stereocenters. The summed E-state index contributed by atoms with van der Waals surface area (Å²) in [4.78, 5) is 15.5. The highest BCUT2D eigenvalue weighted by atomic mass is 16.3. The van der Waals surface area contributed by atoms with E-state index in [-0.39, 0.29) is 18.7 Å². The topological polar surface area (TPSA) is 74.2 Å². The Balaban J connectivity index is 2.13. The van der Waals surface area contributed by atoms with Crippen molar-refractivity contribution in [2.24, 2.45) is 0 Å². The van der Waals surface area contributed by atoms with Crippen molar-refractivity contribution in [3.63, 3.8) is 0 Å². The normalized spacial score (nSPS) is 11.9. The first-order chi connectivity index (χ1) is 8.72. The second-order valence-electron chi connectivity index (χ2n) is 4.28. The summed E-state index contributed by atoms with van der Waals surface area (Å²) in [6.45, 7) is 2.68. The maximum Gasteiger partial charge on any atom is 0.315 e. The molecule has 0 aromatic carbocycles. The number of carbonyl (C=O) groups is 1. The van der Waals surface area contributed by atoms with Gasteiger partial charge in [0.05, 0.1) is 0 Å². The van der Waals surface area contributed by atoms with E-state index in [4.69, 9.17) is 5.11 Å². The van der Waals surface area contributed by atoms with Crippen molar-refractivity contribution in [2.45, 2.75) is 32.2 Å². The number of rotatable bonds is 7. The molecule has 0 saturated heterocycles. The van der Waals surface area contributed by atoms with Crippen LogP contribution in [0.3, 0.4) is 0 Å². The lowest BCUT2D eigenvalue weighted by atomic mass is 10.2. The number of pyridine rings is 1. The number of aromatic nitrogens is 1. The van der Waals surface area contributed by atoms with Gasteiger partial charge in [-0.25, -0.2) is 4.79 Å². The Hall–Kier alpha value is -1.62. The van der Waals surface area contributed by atoms with Crippen LogP contribution in [0.15, 0.2) is 24.5 Å². The van der Waals surface area contributed by atoms with Crippen LogP contribution in [0.2, 0.25) is 0 Å². The van der Waals surface area contributed by atoms with E-state index < -0.39 is 0 Å². The molecule has 5 nitrogen and oxygen atoms in total. The zero-order chi connectivity index (χ0) is 13.2. The molecule has 0 spiro atoms. The molecule has 1 heterocycles. The van der Waals surface area contributed by atoms with Crippen LogP contribution < -0.4 is 10.6 Å². The smallest absolute Gasteiger partial charge is 0.315 e. The molecule has 0 fully saturated rings. The molecule has 0 aliphatic heterocycles. The summed E-state index contributed by atoms with van der Waals surface area (Å²) < 4.78 is 0. The molecule has 0 aliphatic carbocycles. The Labute approximate surface area is 108 Å². The molecule has 100 valence electrons. The first-order valence-electron chi connectivity index (χ1n) is 6.26. The van der Waals surface area contributed by atoms with Crippen LogP contribution in [0.25, 0.3) is 0 Å². The van der Waals surface area contributed by atoms with E-state index in [9.17, 15) is 4.79 Å². The molecular formula is C13H21N3O2. The molecule has 0 aliphatic rings. The summed E-state index contributed by atoms with van der Waals surface area (Å²) in [5, 5.41) is 14.3. The van der Waals surface area contributed by atoms with Gasteiger partial charge in [0.15, 0.2) is 0 Å². The van der Waals surface area contributed by atoms with Gasteiger partial charge in [-0.05, 0) is 37.8 Å². The van der Waals surface area contributed by atoms with Gasteiger partial charge in [0.2, 0.25) is 0 Å². The van der Waals surface area contributed by atoms with E-state index in [1.807, 2.05) is 19.1 Å². The van der Waals surface area contributed by atoms with E-state index in [0.717, 1.165) is 18.4 Å². The minimum atomic E-state index is -0.163. The van der Waals surface area contributed by atoms with E-state index >= 15 is 0 Å². The Morgan fingerprint density at radius 3 is 3.06 bits per heavy atom. The van der Waals surface area contributed by atoms with Crippen LogP contribution in [0, 0.1) is 0 Å². The SMILES string of the molecule is CC(CCCO)NC(=O)NCCc1cccnc1. The van der Waals surface area contributed by atoms with Crippen molar-refractivity contribution in [1.82, 2.24) is 15.6 Å². The van der Waals surface area contributed by atoms with Crippen LogP contribution >= 0.6 is 0 Å². The fraction of sp³-hybridized carbons (Fsp3) is 0.538. The third-order valence-corrected chi connectivity index (χ3v) is 2.59. The fourth-order valence-corrected chi connectivity index (χ4v) is 1.61. The highest BCUT2D eigenvalue weighted by molar-refractivity contribution is 5.74. The van der Waals surface area contributed by atoms with Crippen molar-refractivity contribution in [3.8, 4) is 0 Å². The van der Waals surface area contributed by atoms with Crippen molar-refractivity contribution < 1.29 is 9.90 Å². The van der Waals surface area contributed by atoms with Crippen LogP contribution in [-0.4, -0.2) is 35.3 Å². The molecule has 0 radical (unpaired) electrons. The third-order valence-electron chi connectivity index (χ3n) is 2.59. The van der Waals surface area contributed by atoms with Crippen molar-refractivity contribution in [1.29, 1.82) is 0 Å². The highest BCUT2D eigenvalue weighted by Gasteiger charge is 2.05. The number of hydrogen-bond donors (Lipinski definition) is 3. The van der Waals surface area contributed by atoms with Gasteiger partial charge >= 0.3 is 6.03 Å². The molecule has 5 heteroatoms. The largest absolute Gasteiger partial charge is 0.396 e. The third kappa shape index (κ3) is 6.20. The van der Waals surface area contributed by atoms with Gasteiger partial charge in [0.1, 0.15) is 0 Å². The zero-order valence-electron chi connectivity index (χ0n) is 10.7. The van der Waals surface area contributed by atoms with Crippen LogP contribution in [0.1, 0.15) is 25.3 Å². The lowest BCUT2D eigenvalue weighted by molar-refractivity contribution is 0.234. The number of amides is 2. The van der Waals surface area contributed by atoms with E-state index in [1.165, 1.54) is 0 Å². The Bertz CT molecular complexity index is 343. The lowest BCUT2D eigenvalue weighted by Gasteiger charge is -2.13. The molecule has 2 amide bonds. The van der Waals surface area contributed by atoms with Crippen molar-refractivity contribution in [2.75, 3.05) is 13.2 Å². The van der Waals surface area contributed by atoms with Gasteiger partial charge in [0, 0.05) is 31.6 Å². The molecule has 0 bridgehead atoms. The molecule has 3 N–H and O–H groups in total. The quantitative estimate of drug-likeness (QED) is 0.679. The van der Waals surface area contributed by atoms with Gasteiger partial charge in [-0.15, -0.1) is 0 Å². The summed E-state index contributed by atoms with van der Waals surface area (Å²) >= 11 is 0. The summed E-state index contributed by atoms with van der Waals surface area (Å²) in [7, 11) is 0. The van der Waals surface area contributed by atoms with Crippen LogP contribution in [-0.2, 0) is 6.42 Å². The minimum Gasteiger partial charge on any atom is -0.396 e. The average Bonchev–Trinajstić information content (AvgIpc) is 2.37. The predicted molar refractivity (Wildman–Crippen MR) is 70.3 cm³/mol. The van der Waals surface area contributed by atoms with Gasteiger partial charge in [0.25, 0.3) is 0 Å². The highest BCUT2D eigenvalue weighted by Crippen LogP contribution is 1.96. The van der Waals surface area contributed by atoms with Gasteiger partial charge in [-0.3, -0.25) is 4.98 Å². The predicted octanol–water partition coefficient (Wildman–Crippen LogP) is 1.08. The summed E-state index contributed by atoms with van der Waals surface area (Å²) in [5.74, 6) is 0. The molecule has 1 atom stereocenters. The Kier molecular flexibility index (Phi) is 6.79. The van der Waals surface area contributed by atoms with E-state index in [2.05, 4.69) is 15.6 Å². The average molecular weight is 251 g/mol. The molecule has 18 heavy (non-hydrogen) atoms. The van der Waals surface area contributed by atoms with Gasteiger partial charge < -0.3 is 15.7 Å². The lowest BCUT2D eigenvalue weighted by Crippen LogP contribution is -2.41. The standard InChI is InChI=1S/C13H21N3O2/c1-11(4-3-9-17)16-13(18)15-8-6-12-5-2-7-14-10-12/h2,5,7,10-11,17H,3-4,6,8-9H2,1H3,(H2,15,16,18). The number of hydrogen-bond acceptors (Lipinski definition) is 3. The monoisotopic (exact) mass is 251 g/mol. The number of nitrogens with zero attached hydrogens (tertiary/aromatic N) is 1. The Morgan fingerprint density at radius 2 is 2.39 bits per heavy atom. The number of aliphatic hydroxyl groups excluding tert-OH is 1. The molecule has 1 aromatic rings. The Morgan fingerprint density at radius 1 is 1.56 bits per heavy atom. The molecule has 1 rings (SSSR count). The van der Waals surface area contributed by atoms with E-state index in [0.29, 0.717) is 13.0 Å². The minimum absolute atomic E-state index is 0.0792. The maximum atomic E-state index is 11.5. The first-order valence-corrected chi connectivity index (χ1v) is 6.26.